The molecule has 3 heterocycles. The molecule has 1 atom stereocenters. The minimum Gasteiger partial charge on any atom is -0.370 e. The van der Waals surface area contributed by atoms with Gasteiger partial charge in [0.2, 0.25) is 0 Å². The highest BCUT2D eigenvalue weighted by molar-refractivity contribution is 8.04. The van der Waals surface area contributed by atoms with E-state index < -0.39 is 0 Å². The molecule has 0 aromatic carbocycles. The van der Waals surface area contributed by atoms with Gasteiger partial charge in [-0.05, 0) is 20.8 Å². The van der Waals surface area contributed by atoms with Gasteiger partial charge in [0.25, 0.3) is 0 Å². The number of nitrogens with one attached hydrogen (secondary N) is 2. The second kappa shape index (κ2) is 7.17. The van der Waals surface area contributed by atoms with Crippen LogP contribution in [0.1, 0.15) is 39.1 Å². The zero-order valence-corrected chi connectivity index (χ0v) is 16.3. The van der Waals surface area contributed by atoms with Crippen molar-refractivity contribution in [2.75, 3.05) is 13.7 Å². The zero-order valence-electron chi connectivity index (χ0n) is 15.5. The van der Waals surface area contributed by atoms with Crippen LogP contribution in [0.3, 0.4) is 0 Å². The monoisotopic (exact) mass is 360 g/mol. The number of ether oxygens (including phenoxy) is 1. The van der Waals surface area contributed by atoms with Gasteiger partial charge in [0.05, 0.1) is 22.5 Å². The fourth-order valence-electron chi connectivity index (χ4n) is 3.03. The van der Waals surface area contributed by atoms with Crippen molar-refractivity contribution < 1.29 is 9.31 Å². The normalized spacial score (nSPS) is 20.8. The van der Waals surface area contributed by atoms with Crippen molar-refractivity contribution in [1.29, 1.82) is 0 Å². The van der Waals surface area contributed by atoms with E-state index >= 15 is 0 Å². The van der Waals surface area contributed by atoms with Crippen LogP contribution in [0, 0.1) is 0 Å². The third kappa shape index (κ3) is 3.88. The Kier molecular flexibility index (Phi) is 5.15. The molecule has 0 fully saturated rings. The van der Waals surface area contributed by atoms with Crippen LogP contribution in [0.2, 0.25) is 0 Å². The van der Waals surface area contributed by atoms with Gasteiger partial charge in [0.15, 0.2) is 17.3 Å². The Morgan fingerprint density at radius 3 is 3.04 bits per heavy atom. The predicted octanol–water partition coefficient (Wildman–Crippen LogP) is 2.76. The highest BCUT2D eigenvalue weighted by atomic mass is 32.2. The first kappa shape index (κ1) is 17.9. The summed E-state index contributed by atoms with van der Waals surface area (Å²) >= 11 is 1.78. The van der Waals surface area contributed by atoms with Gasteiger partial charge in [-0.2, -0.15) is 0 Å². The number of H-pyrrole nitrogens is 1. The topological polar surface area (TPSA) is 65.3 Å². The predicted molar refractivity (Wildman–Crippen MR) is 104 cm³/mol. The summed E-state index contributed by atoms with van der Waals surface area (Å²) in [5.74, 6) is 0.820. The molecule has 134 valence electrons. The Balaban J connectivity index is 1.81. The molecule has 0 aliphatic carbocycles. The van der Waals surface area contributed by atoms with Crippen LogP contribution in [-0.4, -0.2) is 51.6 Å². The summed E-state index contributed by atoms with van der Waals surface area (Å²) in [5.41, 5.74) is 2.93. The van der Waals surface area contributed by atoms with Crippen LogP contribution in [0.5, 0.6) is 0 Å². The number of aromatic amines is 1. The van der Waals surface area contributed by atoms with Gasteiger partial charge in [-0.15, -0.1) is 0 Å². The van der Waals surface area contributed by atoms with Gasteiger partial charge < -0.3 is 15.0 Å². The van der Waals surface area contributed by atoms with E-state index in [2.05, 4.69) is 58.9 Å². The van der Waals surface area contributed by atoms with Crippen molar-refractivity contribution in [3.05, 3.63) is 34.1 Å². The van der Waals surface area contributed by atoms with Crippen molar-refractivity contribution >= 4 is 30.3 Å². The van der Waals surface area contributed by atoms with Gasteiger partial charge in [0, 0.05) is 37.9 Å². The SMILES string of the molecule is CCOC(C)(C)C1=C(C)[N+](C)=CC(NC2=Cc3nc[nH]c3CC=N2)S1. The van der Waals surface area contributed by atoms with E-state index in [1.807, 2.05) is 19.2 Å². The number of nitrogens with zero attached hydrogens (tertiary/aromatic N) is 3. The number of hydrogen-bond acceptors (Lipinski definition) is 5. The molecule has 2 N–H and O–H groups in total. The molecule has 0 spiro atoms. The Morgan fingerprint density at radius 1 is 1.48 bits per heavy atom. The van der Waals surface area contributed by atoms with Gasteiger partial charge in [-0.25, -0.2) is 14.6 Å². The number of hydrogen-bond donors (Lipinski definition) is 2. The fraction of sp³-hybridized carbons (Fsp3) is 0.500. The van der Waals surface area contributed by atoms with Crippen LogP contribution in [0.15, 0.2) is 27.7 Å². The number of aromatic nitrogens is 2. The first-order chi connectivity index (χ1) is 11.9. The Bertz CT molecular complexity index is 772. The van der Waals surface area contributed by atoms with Crippen molar-refractivity contribution in [1.82, 2.24) is 15.3 Å². The molecule has 1 aromatic heterocycles. The maximum atomic E-state index is 5.98. The molecular weight excluding hydrogens is 334 g/mol. The van der Waals surface area contributed by atoms with E-state index in [4.69, 9.17) is 4.74 Å². The zero-order chi connectivity index (χ0) is 18.0. The number of thioether (sulfide) groups is 1. The molecule has 0 bridgehead atoms. The number of rotatable bonds is 5. The lowest BCUT2D eigenvalue weighted by Gasteiger charge is -2.31. The highest BCUT2D eigenvalue weighted by Crippen LogP contribution is 2.37. The van der Waals surface area contributed by atoms with E-state index in [1.54, 1.807) is 18.1 Å². The third-order valence-corrected chi connectivity index (χ3v) is 5.87. The lowest BCUT2D eigenvalue weighted by molar-refractivity contribution is -0.441. The van der Waals surface area contributed by atoms with Crippen LogP contribution in [0.25, 0.3) is 6.08 Å². The summed E-state index contributed by atoms with van der Waals surface area (Å²) in [6.07, 6.45) is 8.55. The number of allylic oxidation sites excluding steroid dienone is 1. The summed E-state index contributed by atoms with van der Waals surface area (Å²) in [7, 11) is 2.07. The maximum Gasteiger partial charge on any atom is 0.190 e. The van der Waals surface area contributed by atoms with Gasteiger partial charge in [-0.3, -0.25) is 0 Å². The lowest BCUT2D eigenvalue weighted by atomic mass is 10.1. The van der Waals surface area contributed by atoms with Crippen LogP contribution in [0.4, 0.5) is 0 Å². The van der Waals surface area contributed by atoms with Crippen LogP contribution < -0.4 is 5.32 Å². The number of imidazole rings is 1. The molecule has 3 rings (SSSR count). The summed E-state index contributed by atoms with van der Waals surface area (Å²) in [6, 6.07) is 0. The molecule has 2 aliphatic heterocycles. The first-order valence-corrected chi connectivity index (χ1v) is 9.41. The summed E-state index contributed by atoms with van der Waals surface area (Å²) < 4.78 is 8.13. The maximum absolute atomic E-state index is 5.98. The van der Waals surface area contributed by atoms with Gasteiger partial charge in [-0.1, -0.05) is 11.8 Å². The first-order valence-electron chi connectivity index (χ1n) is 8.53. The molecule has 2 aliphatic rings. The van der Waals surface area contributed by atoms with E-state index in [1.165, 1.54) is 10.6 Å². The molecule has 0 amide bonds. The van der Waals surface area contributed by atoms with E-state index in [0.29, 0.717) is 6.61 Å². The number of aliphatic imine (C=N–C) groups is 1. The summed E-state index contributed by atoms with van der Waals surface area (Å²) in [5, 5.41) is 3.59. The summed E-state index contributed by atoms with van der Waals surface area (Å²) in [6.45, 7) is 9.10. The quantitative estimate of drug-likeness (QED) is 0.793. The van der Waals surface area contributed by atoms with Gasteiger partial charge >= 0.3 is 0 Å². The molecular formula is C18H26N5OS+. The standard InChI is InChI=1S/C18H26N5OS/c1-6-24-18(3,4)17-12(2)23(5)10-16(25-17)22-15-9-14-13(7-8-19-15)20-11-21-14/h8-11,16,22H,6-7H2,1-5H3,(H,20,21)/q+1. The Hall–Kier alpha value is -1.86. The smallest absolute Gasteiger partial charge is 0.190 e. The third-order valence-electron chi connectivity index (χ3n) is 4.35. The average molecular weight is 361 g/mol. The van der Waals surface area contributed by atoms with Gasteiger partial charge in [0.1, 0.15) is 12.9 Å². The lowest BCUT2D eigenvalue weighted by Crippen LogP contribution is -2.38. The van der Waals surface area contributed by atoms with Crippen molar-refractivity contribution in [2.24, 2.45) is 4.99 Å². The molecule has 0 saturated heterocycles. The van der Waals surface area contributed by atoms with E-state index in [-0.39, 0.29) is 11.0 Å². The minimum absolute atomic E-state index is 0.0762. The molecule has 1 aromatic rings. The van der Waals surface area contributed by atoms with E-state index in [0.717, 1.165) is 23.6 Å². The number of fused-ring (bicyclic) bond motifs is 1. The molecule has 6 nitrogen and oxygen atoms in total. The molecule has 25 heavy (non-hydrogen) atoms. The molecule has 0 saturated carbocycles. The van der Waals surface area contributed by atoms with E-state index in [9.17, 15) is 0 Å². The van der Waals surface area contributed by atoms with Crippen molar-refractivity contribution in [3.8, 4) is 0 Å². The Labute approximate surface area is 153 Å². The van der Waals surface area contributed by atoms with Crippen molar-refractivity contribution in [2.45, 2.75) is 45.1 Å². The average Bonchev–Trinajstić information content (AvgIpc) is 2.89. The van der Waals surface area contributed by atoms with Crippen LogP contribution in [-0.2, 0) is 11.2 Å². The largest absolute Gasteiger partial charge is 0.370 e. The fourth-order valence-corrected chi connectivity index (χ4v) is 4.37. The Morgan fingerprint density at radius 2 is 2.28 bits per heavy atom. The minimum atomic E-state index is -0.317. The van der Waals surface area contributed by atoms with Crippen LogP contribution >= 0.6 is 11.8 Å². The molecule has 1 unspecified atom stereocenters. The highest BCUT2D eigenvalue weighted by Gasteiger charge is 2.35. The molecule has 7 heteroatoms. The second-order valence-electron chi connectivity index (χ2n) is 6.61. The second-order valence-corrected chi connectivity index (χ2v) is 7.76. The van der Waals surface area contributed by atoms with Crippen molar-refractivity contribution in [3.63, 3.8) is 0 Å². The molecule has 0 radical (unpaired) electrons. The summed E-state index contributed by atoms with van der Waals surface area (Å²) in [4.78, 5) is 13.3.